The summed E-state index contributed by atoms with van der Waals surface area (Å²) in [6.07, 6.45) is 8.42. The third kappa shape index (κ3) is 2.03. The average Bonchev–Trinajstić information content (AvgIpc) is 2.91. The fraction of sp³-hybridized carbons (Fsp3) is 0.636. The fourth-order valence-corrected chi connectivity index (χ4v) is 2.12. The van der Waals surface area contributed by atoms with E-state index in [0.29, 0.717) is 0 Å². The number of imidazole rings is 1. The molecule has 15 heavy (non-hydrogen) atoms. The van der Waals surface area contributed by atoms with Crippen molar-refractivity contribution < 1.29 is 4.79 Å². The van der Waals surface area contributed by atoms with Gasteiger partial charge in [-0.05, 0) is 19.3 Å². The summed E-state index contributed by atoms with van der Waals surface area (Å²) in [5, 5.41) is 0. The predicted octanol–water partition coefficient (Wildman–Crippen LogP) is 1.46. The van der Waals surface area contributed by atoms with Crippen LogP contribution >= 0.6 is 0 Å². The Morgan fingerprint density at radius 2 is 2.20 bits per heavy atom. The van der Waals surface area contributed by atoms with Crippen LogP contribution in [0.3, 0.4) is 0 Å². The zero-order chi connectivity index (χ0) is 10.7. The van der Waals surface area contributed by atoms with E-state index < -0.39 is 0 Å². The molecule has 1 aliphatic rings. The van der Waals surface area contributed by atoms with Gasteiger partial charge in [-0.25, -0.2) is 4.98 Å². The van der Waals surface area contributed by atoms with E-state index in [2.05, 4.69) is 4.98 Å². The first-order valence-corrected chi connectivity index (χ1v) is 5.59. The summed E-state index contributed by atoms with van der Waals surface area (Å²) in [5.41, 5.74) is 0. The van der Waals surface area contributed by atoms with Crippen molar-refractivity contribution in [3.8, 4) is 0 Å². The van der Waals surface area contributed by atoms with E-state index in [1.165, 1.54) is 0 Å². The molecule has 0 spiro atoms. The monoisotopic (exact) mass is 207 g/mol. The highest BCUT2D eigenvalue weighted by atomic mass is 16.2. The van der Waals surface area contributed by atoms with E-state index in [4.69, 9.17) is 0 Å². The van der Waals surface area contributed by atoms with Crippen LogP contribution in [0.4, 0.5) is 0 Å². The number of carbonyl (C=O) groups excluding carboxylic acids is 1. The molecule has 1 aromatic heterocycles. The highest BCUT2D eigenvalue weighted by molar-refractivity contribution is 5.80. The summed E-state index contributed by atoms with van der Waals surface area (Å²) < 4.78 is 1.90. The predicted molar refractivity (Wildman–Crippen MR) is 57.4 cm³/mol. The van der Waals surface area contributed by atoms with E-state index in [0.717, 1.165) is 32.4 Å². The van der Waals surface area contributed by atoms with E-state index in [1.807, 2.05) is 22.6 Å². The Morgan fingerprint density at radius 3 is 2.73 bits per heavy atom. The van der Waals surface area contributed by atoms with E-state index in [1.54, 1.807) is 12.5 Å². The first-order chi connectivity index (χ1) is 7.33. The van der Waals surface area contributed by atoms with Crippen LogP contribution in [0.2, 0.25) is 0 Å². The second kappa shape index (κ2) is 4.47. The first-order valence-electron chi connectivity index (χ1n) is 5.59. The van der Waals surface area contributed by atoms with Gasteiger partial charge in [-0.3, -0.25) is 4.79 Å². The van der Waals surface area contributed by atoms with Gasteiger partial charge in [0.2, 0.25) is 5.91 Å². The maximum absolute atomic E-state index is 12.2. The minimum atomic E-state index is -0.0643. The summed E-state index contributed by atoms with van der Waals surface area (Å²) in [4.78, 5) is 18.1. The number of likely N-dealkylation sites (tertiary alicyclic amines) is 1. The minimum Gasteiger partial charge on any atom is -0.341 e. The van der Waals surface area contributed by atoms with Crippen molar-refractivity contribution in [2.45, 2.75) is 32.2 Å². The van der Waals surface area contributed by atoms with Gasteiger partial charge in [-0.1, -0.05) is 6.92 Å². The summed E-state index contributed by atoms with van der Waals surface area (Å²) in [5.74, 6) is 0.244. The van der Waals surface area contributed by atoms with Crippen molar-refractivity contribution in [3.63, 3.8) is 0 Å². The van der Waals surface area contributed by atoms with Crippen LogP contribution in [-0.2, 0) is 4.79 Å². The average molecular weight is 207 g/mol. The molecule has 1 aliphatic heterocycles. The van der Waals surface area contributed by atoms with Crippen molar-refractivity contribution in [3.05, 3.63) is 18.7 Å². The molecule has 4 heteroatoms. The maximum atomic E-state index is 12.2. The first kappa shape index (κ1) is 10.2. The molecule has 0 N–H and O–H groups in total. The third-order valence-corrected chi connectivity index (χ3v) is 2.97. The molecule has 1 amide bonds. The molecule has 1 atom stereocenters. The molecular formula is C11H17N3O. The molecule has 2 rings (SSSR count). The van der Waals surface area contributed by atoms with Gasteiger partial charge in [-0.2, -0.15) is 0 Å². The molecule has 0 radical (unpaired) electrons. The van der Waals surface area contributed by atoms with Crippen LogP contribution in [0.25, 0.3) is 0 Å². The summed E-state index contributed by atoms with van der Waals surface area (Å²) in [6.45, 7) is 3.88. The molecule has 1 fully saturated rings. The van der Waals surface area contributed by atoms with Gasteiger partial charge in [0, 0.05) is 25.5 Å². The number of hydrogen-bond acceptors (Lipinski definition) is 2. The highest BCUT2D eigenvalue weighted by Crippen LogP contribution is 2.18. The Balaban J connectivity index is 2.09. The SMILES string of the molecule is CCC(C(=O)N1CCCC1)n1ccnc1. The number of nitrogens with zero attached hydrogens (tertiary/aromatic N) is 3. The van der Waals surface area contributed by atoms with Gasteiger partial charge >= 0.3 is 0 Å². The van der Waals surface area contributed by atoms with Crippen molar-refractivity contribution in [1.29, 1.82) is 0 Å². The highest BCUT2D eigenvalue weighted by Gasteiger charge is 2.25. The van der Waals surface area contributed by atoms with Gasteiger partial charge in [0.25, 0.3) is 0 Å². The lowest BCUT2D eigenvalue weighted by Crippen LogP contribution is -2.34. The molecule has 1 unspecified atom stereocenters. The summed E-state index contributed by atoms with van der Waals surface area (Å²) in [7, 11) is 0. The molecule has 1 aromatic rings. The second-order valence-electron chi connectivity index (χ2n) is 3.97. The third-order valence-electron chi connectivity index (χ3n) is 2.97. The minimum absolute atomic E-state index is 0.0643. The second-order valence-corrected chi connectivity index (χ2v) is 3.97. The van der Waals surface area contributed by atoms with Gasteiger partial charge in [0.15, 0.2) is 0 Å². The normalized spacial score (nSPS) is 18.1. The van der Waals surface area contributed by atoms with Crippen LogP contribution in [0.15, 0.2) is 18.7 Å². The van der Waals surface area contributed by atoms with E-state index in [9.17, 15) is 4.79 Å². The molecule has 0 aromatic carbocycles. The Kier molecular flexibility index (Phi) is 3.04. The zero-order valence-electron chi connectivity index (χ0n) is 9.09. The zero-order valence-corrected chi connectivity index (χ0v) is 9.09. The number of hydrogen-bond donors (Lipinski definition) is 0. The van der Waals surface area contributed by atoms with E-state index >= 15 is 0 Å². The molecule has 0 saturated carbocycles. The molecule has 1 saturated heterocycles. The Morgan fingerprint density at radius 1 is 1.47 bits per heavy atom. The van der Waals surface area contributed by atoms with Crippen LogP contribution < -0.4 is 0 Å². The van der Waals surface area contributed by atoms with Gasteiger partial charge in [0.05, 0.1) is 6.33 Å². The lowest BCUT2D eigenvalue weighted by Gasteiger charge is -2.22. The van der Waals surface area contributed by atoms with E-state index in [-0.39, 0.29) is 11.9 Å². The van der Waals surface area contributed by atoms with Gasteiger partial charge in [0.1, 0.15) is 6.04 Å². The Hall–Kier alpha value is -1.32. The van der Waals surface area contributed by atoms with Crippen molar-refractivity contribution in [1.82, 2.24) is 14.5 Å². The topological polar surface area (TPSA) is 38.1 Å². The van der Waals surface area contributed by atoms with Crippen LogP contribution in [0.5, 0.6) is 0 Å². The summed E-state index contributed by atoms with van der Waals surface area (Å²) >= 11 is 0. The van der Waals surface area contributed by atoms with Gasteiger partial charge < -0.3 is 9.47 Å². The Labute approximate surface area is 89.9 Å². The lowest BCUT2D eigenvalue weighted by atomic mass is 10.2. The maximum Gasteiger partial charge on any atom is 0.245 e. The van der Waals surface area contributed by atoms with Gasteiger partial charge in [-0.15, -0.1) is 0 Å². The summed E-state index contributed by atoms with van der Waals surface area (Å²) in [6, 6.07) is -0.0643. The largest absolute Gasteiger partial charge is 0.341 e. The molecule has 0 aliphatic carbocycles. The van der Waals surface area contributed by atoms with Crippen LogP contribution in [-0.4, -0.2) is 33.4 Å². The molecular weight excluding hydrogens is 190 g/mol. The van der Waals surface area contributed by atoms with Crippen molar-refractivity contribution in [2.24, 2.45) is 0 Å². The smallest absolute Gasteiger partial charge is 0.245 e. The number of rotatable bonds is 3. The number of amides is 1. The quantitative estimate of drug-likeness (QED) is 0.752. The number of carbonyl (C=O) groups is 1. The van der Waals surface area contributed by atoms with Crippen molar-refractivity contribution in [2.75, 3.05) is 13.1 Å². The van der Waals surface area contributed by atoms with Crippen LogP contribution in [0, 0.1) is 0 Å². The number of aromatic nitrogens is 2. The molecule has 0 bridgehead atoms. The Bertz CT molecular complexity index is 315. The molecule has 2 heterocycles. The van der Waals surface area contributed by atoms with Crippen LogP contribution in [0.1, 0.15) is 32.2 Å². The van der Waals surface area contributed by atoms with Crippen molar-refractivity contribution >= 4 is 5.91 Å². The fourth-order valence-electron chi connectivity index (χ4n) is 2.12. The lowest BCUT2D eigenvalue weighted by molar-refractivity contribution is -0.133. The molecule has 82 valence electrons. The standard InChI is InChI=1S/C11H17N3O/c1-2-10(14-8-5-12-9-14)11(15)13-6-3-4-7-13/h5,8-10H,2-4,6-7H2,1H3. The molecule has 4 nitrogen and oxygen atoms in total.